The lowest BCUT2D eigenvalue weighted by atomic mass is 10.0. The van der Waals surface area contributed by atoms with Crippen molar-refractivity contribution in [2.24, 2.45) is 5.92 Å². The van der Waals surface area contributed by atoms with Gasteiger partial charge in [0.1, 0.15) is 0 Å². The minimum absolute atomic E-state index is 0.0762. The largest absolute Gasteiger partial charge is 0.334 e. The van der Waals surface area contributed by atoms with Crippen molar-refractivity contribution < 1.29 is 13.2 Å². The minimum atomic E-state index is -3.62. The number of nitrogens with zero attached hydrogens (tertiary/aromatic N) is 2. The van der Waals surface area contributed by atoms with E-state index in [0.717, 1.165) is 23.3 Å². The summed E-state index contributed by atoms with van der Waals surface area (Å²) in [5.74, 6) is 0.377. The molecule has 1 atom stereocenters. The molecule has 1 aromatic heterocycles. The summed E-state index contributed by atoms with van der Waals surface area (Å²) in [7, 11) is -1.85. The van der Waals surface area contributed by atoms with Gasteiger partial charge >= 0.3 is 0 Å². The van der Waals surface area contributed by atoms with E-state index in [9.17, 15) is 13.2 Å². The number of thiophene rings is 1. The number of aryl methyl sites for hydroxylation is 1. The molecule has 1 aliphatic rings. The molecule has 0 spiro atoms. The molecule has 1 amide bonds. The zero-order valence-corrected chi connectivity index (χ0v) is 19.4. The summed E-state index contributed by atoms with van der Waals surface area (Å²) in [6.07, 6.45) is 1.74. The zero-order chi connectivity index (χ0) is 21.3. The van der Waals surface area contributed by atoms with Crippen LogP contribution in [0.1, 0.15) is 59.1 Å². The summed E-state index contributed by atoms with van der Waals surface area (Å²) in [6, 6.07) is 7.26. The Morgan fingerprint density at radius 1 is 1.24 bits per heavy atom. The first-order valence-electron chi connectivity index (χ1n) is 10.0. The monoisotopic (exact) mass is 434 g/mol. The van der Waals surface area contributed by atoms with Gasteiger partial charge in [0.05, 0.1) is 10.9 Å². The third kappa shape index (κ3) is 4.42. The van der Waals surface area contributed by atoms with Crippen LogP contribution in [0.15, 0.2) is 34.5 Å². The van der Waals surface area contributed by atoms with E-state index >= 15 is 0 Å². The molecule has 0 unspecified atom stereocenters. The molecule has 2 aromatic rings. The molecule has 7 heteroatoms. The van der Waals surface area contributed by atoms with Gasteiger partial charge in [-0.25, -0.2) is 8.42 Å². The van der Waals surface area contributed by atoms with Crippen LogP contribution in [-0.4, -0.2) is 43.7 Å². The number of hydrogen-bond donors (Lipinski definition) is 0. The molecule has 0 saturated carbocycles. The van der Waals surface area contributed by atoms with E-state index in [-0.39, 0.29) is 16.8 Å². The molecule has 0 bridgehead atoms. The molecule has 1 aromatic carbocycles. The van der Waals surface area contributed by atoms with Crippen LogP contribution < -0.4 is 0 Å². The van der Waals surface area contributed by atoms with Gasteiger partial charge in [-0.1, -0.05) is 13.0 Å². The van der Waals surface area contributed by atoms with Gasteiger partial charge in [0.25, 0.3) is 5.91 Å². The molecule has 1 saturated heterocycles. The summed E-state index contributed by atoms with van der Waals surface area (Å²) in [6.45, 7) is 8.90. The van der Waals surface area contributed by atoms with E-state index in [2.05, 4.69) is 6.92 Å². The first-order chi connectivity index (χ1) is 13.6. The van der Waals surface area contributed by atoms with Crippen LogP contribution in [0.3, 0.4) is 0 Å². The van der Waals surface area contributed by atoms with Gasteiger partial charge in [-0.05, 0) is 74.2 Å². The number of amides is 1. The van der Waals surface area contributed by atoms with Crippen LogP contribution >= 0.6 is 11.3 Å². The van der Waals surface area contributed by atoms with E-state index in [1.54, 1.807) is 39.7 Å². The van der Waals surface area contributed by atoms with Crippen LogP contribution in [0.5, 0.6) is 0 Å². The van der Waals surface area contributed by atoms with Crippen molar-refractivity contribution in [1.82, 2.24) is 9.21 Å². The number of carbonyl (C=O) groups excluding carboxylic acids is 1. The number of piperidine rings is 1. The average Bonchev–Trinajstić information content (AvgIpc) is 3.23. The smallest absolute Gasteiger partial charge is 0.254 e. The molecule has 1 fully saturated rings. The highest BCUT2D eigenvalue weighted by Gasteiger charge is 2.31. The molecule has 3 rings (SSSR count). The van der Waals surface area contributed by atoms with Crippen LogP contribution in [0.4, 0.5) is 0 Å². The van der Waals surface area contributed by atoms with E-state index in [0.29, 0.717) is 30.1 Å². The summed E-state index contributed by atoms with van der Waals surface area (Å²) in [5.41, 5.74) is 1.95. The maximum absolute atomic E-state index is 13.3. The van der Waals surface area contributed by atoms with E-state index in [1.807, 2.05) is 38.3 Å². The lowest BCUT2D eigenvalue weighted by Gasteiger charge is -2.30. The van der Waals surface area contributed by atoms with Crippen LogP contribution in [0, 0.1) is 19.8 Å². The molecular weight excluding hydrogens is 404 g/mol. The maximum Gasteiger partial charge on any atom is 0.254 e. The molecule has 29 heavy (non-hydrogen) atoms. The summed E-state index contributed by atoms with van der Waals surface area (Å²) in [5, 5.41) is 1.99. The zero-order valence-electron chi connectivity index (χ0n) is 17.8. The van der Waals surface area contributed by atoms with E-state index in [1.165, 1.54) is 0 Å². The quantitative estimate of drug-likeness (QED) is 0.690. The highest BCUT2D eigenvalue weighted by atomic mass is 32.2. The third-order valence-corrected chi connectivity index (χ3v) is 9.15. The number of carbonyl (C=O) groups is 1. The van der Waals surface area contributed by atoms with Gasteiger partial charge < -0.3 is 4.90 Å². The van der Waals surface area contributed by atoms with Crippen LogP contribution in [0.2, 0.25) is 0 Å². The van der Waals surface area contributed by atoms with Crippen molar-refractivity contribution in [1.29, 1.82) is 0 Å². The fourth-order valence-electron chi connectivity index (χ4n) is 3.68. The van der Waals surface area contributed by atoms with Gasteiger partial charge in [-0.3, -0.25) is 4.79 Å². The lowest BCUT2D eigenvalue weighted by Crippen LogP contribution is -2.38. The standard InChI is InChI=1S/C22H30N2O3S2/c1-15-8-10-24(11-9-15)29(26,27)21-14-19(13-16(2)17(21)3)22(25)23(5)18(4)20-7-6-12-28-20/h6-7,12-15,18H,8-11H2,1-5H3/t18-/m1/s1. The predicted octanol–water partition coefficient (Wildman–Crippen LogP) is 4.62. The second kappa shape index (κ2) is 8.58. The first-order valence-corrected chi connectivity index (χ1v) is 12.4. The minimum Gasteiger partial charge on any atom is -0.334 e. The Hall–Kier alpha value is -1.70. The molecule has 0 aliphatic carbocycles. The molecule has 158 valence electrons. The number of hydrogen-bond acceptors (Lipinski definition) is 4. The second-order valence-electron chi connectivity index (χ2n) is 8.11. The Morgan fingerprint density at radius 3 is 2.48 bits per heavy atom. The Morgan fingerprint density at radius 2 is 1.90 bits per heavy atom. The van der Waals surface area contributed by atoms with Crippen molar-refractivity contribution in [3.8, 4) is 0 Å². The fourth-order valence-corrected chi connectivity index (χ4v) is 6.30. The van der Waals surface area contributed by atoms with Crippen molar-refractivity contribution in [2.75, 3.05) is 20.1 Å². The Bertz CT molecular complexity index is 976. The number of benzene rings is 1. The van der Waals surface area contributed by atoms with Crippen molar-refractivity contribution in [3.63, 3.8) is 0 Å². The van der Waals surface area contributed by atoms with Crippen molar-refractivity contribution in [2.45, 2.75) is 51.5 Å². The molecule has 0 radical (unpaired) electrons. The maximum atomic E-state index is 13.3. The average molecular weight is 435 g/mol. The highest BCUT2D eigenvalue weighted by Crippen LogP contribution is 2.30. The van der Waals surface area contributed by atoms with E-state index < -0.39 is 10.0 Å². The Labute approximate surface area is 178 Å². The summed E-state index contributed by atoms with van der Waals surface area (Å²) in [4.78, 5) is 16.2. The summed E-state index contributed by atoms with van der Waals surface area (Å²) < 4.78 is 28.2. The molecule has 5 nitrogen and oxygen atoms in total. The number of sulfonamides is 1. The van der Waals surface area contributed by atoms with Gasteiger partial charge in [-0.15, -0.1) is 11.3 Å². The molecule has 1 aliphatic heterocycles. The van der Waals surface area contributed by atoms with Crippen molar-refractivity contribution in [3.05, 3.63) is 51.2 Å². The predicted molar refractivity (Wildman–Crippen MR) is 118 cm³/mol. The topological polar surface area (TPSA) is 57.7 Å². The number of rotatable bonds is 5. The van der Waals surface area contributed by atoms with Gasteiger partial charge in [0, 0.05) is 30.6 Å². The van der Waals surface area contributed by atoms with Crippen LogP contribution in [0.25, 0.3) is 0 Å². The third-order valence-electron chi connectivity index (χ3n) is 6.08. The van der Waals surface area contributed by atoms with E-state index in [4.69, 9.17) is 0 Å². The lowest BCUT2D eigenvalue weighted by molar-refractivity contribution is 0.0744. The molecule has 0 N–H and O–H groups in total. The molecular formula is C22H30N2O3S2. The normalized spacial score (nSPS) is 17.3. The van der Waals surface area contributed by atoms with Gasteiger partial charge in [0.15, 0.2) is 0 Å². The second-order valence-corrected chi connectivity index (χ2v) is 11.0. The van der Waals surface area contributed by atoms with Gasteiger partial charge in [-0.2, -0.15) is 4.31 Å². The molecule has 2 heterocycles. The first kappa shape index (κ1) is 22.0. The Kier molecular flexibility index (Phi) is 6.51. The highest BCUT2D eigenvalue weighted by molar-refractivity contribution is 7.89. The summed E-state index contributed by atoms with van der Waals surface area (Å²) >= 11 is 1.61. The van der Waals surface area contributed by atoms with Crippen LogP contribution in [-0.2, 0) is 10.0 Å². The Balaban J connectivity index is 1.94. The van der Waals surface area contributed by atoms with Gasteiger partial charge in [0.2, 0.25) is 10.0 Å². The fraction of sp³-hybridized carbons (Fsp3) is 0.500. The van der Waals surface area contributed by atoms with Crippen molar-refractivity contribution >= 4 is 27.3 Å². The SMILES string of the molecule is Cc1cc(C(=O)N(C)[C@H](C)c2cccs2)cc(S(=O)(=O)N2CCC(C)CC2)c1C.